The topological polar surface area (TPSA) is 63.1 Å². The van der Waals surface area contributed by atoms with E-state index in [-0.39, 0.29) is 5.56 Å². The van der Waals surface area contributed by atoms with Gasteiger partial charge in [-0.2, -0.15) is 0 Å². The van der Waals surface area contributed by atoms with Crippen LogP contribution in [-0.4, -0.2) is 21.0 Å². The highest BCUT2D eigenvalue weighted by molar-refractivity contribution is 5.92. The number of aromatic carboxylic acids is 1. The summed E-state index contributed by atoms with van der Waals surface area (Å²) in [4.78, 5) is 18.8. The van der Waals surface area contributed by atoms with E-state index in [1.807, 2.05) is 42.5 Å². The first-order valence-electron chi connectivity index (χ1n) is 6.44. The van der Waals surface area contributed by atoms with Crippen molar-refractivity contribution in [3.05, 3.63) is 71.8 Å². The summed E-state index contributed by atoms with van der Waals surface area (Å²) >= 11 is 0. The molecule has 4 heteroatoms. The number of aromatic nitrogens is 2. The fourth-order valence-corrected chi connectivity index (χ4v) is 2.12. The van der Waals surface area contributed by atoms with Gasteiger partial charge >= 0.3 is 5.97 Å². The maximum atomic E-state index is 11.1. The predicted octanol–water partition coefficient (Wildman–Crippen LogP) is 3.50. The maximum Gasteiger partial charge on any atom is 0.339 e. The first kappa shape index (κ1) is 13.0. The number of carboxylic acid groups (broad SMARTS) is 1. The van der Waals surface area contributed by atoms with E-state index < -0.39 is 5.97 Å². The Hall–Kier alpha value is -3.01. The quantitative estimate of drug-likeness (QED) is 0.795. The summed E-state index contributed by atoms with van der Waals surface area (Å²) in [6, 6.07) is 14.2. The van der Waals surface area contributed by atoms with Gasteiger partial charge in [0.2, 0.25) is 0 Å². The second-order valence-electron chi connectivity index (χ2n) is 4.57. The van der Waals surface area contributed by atoms with E-state index in [0.29, 0.717) is 5.69 Å². The van der Waals surface area contributed by atoms with Crippen LogP contribution in [0.1, 0.15) is 21.6 Å². The van der Waals surface area contributed by atoms with Crippen LogP contribution in [0.25, 0.3) is 22.9 Å². The fourth-order valence-electron chi connectivity index (χ4n) is 2.12. The Morgan fingerprint density at radius 3 is 2.67 bits per heavy atom. The summed E-state index contributed by atoms with van der Waals surface area (Å²) in [6.45, 7) is 0. The van der Waals surface area contributed by atoms with Crippen LogP contribution < -0.4 is 0 Å². The number of rotatable bonds is 3. The minimum Gasteiger partial charge on any atom is -0.478 e. The molecule has 0 aliphatic carbocycles. The Labute approximate surface area is 121 Å². The Balaban J connectivity index is 1.96. The van der Waals surface area contributed by atoms with Crippen LogP contribution in [0.15, 0.2) is 55.0 Å². The van der Waals surface area contributed by atoms with Gasteiger partial charge in [0.05, 0.1) is 5.69 Å². The van der Waals surface area contributed by atoms with E-state index >= 15 is 0 Å². The zero-order valence-electron chi connectivity index (χ0n) is 11.1. The molecule has 0 amide bonds. The molecular formula is C17H12N2O2. The molecule has 1 N–H and O–H groups in total. The minimum absolute atomic E-state index is 0.0922. The van der Waals surface area contributed by atoms with Gasteiger partial charge in [0.1, 0.15) is 11.9 Å². The van der Waals surface area contributed by atoms with Gasteiger partial charge in [-0.3, -0.25) is 0 Å². The first-order chi connectivity index (χ1) is 10.2. The molecule has 0 aliphatic heterocycles. The molecule has 0 atom stereocenters. The Morgan fingerprint density at radius 2 is 1.86 bits per heavy atom. The molecule has 0 radical (unpaired) electrons. The van der Waals surface area contributed by atoms with Gasteiger partial charge in [0, 0.05) is 6.20 Å². The van der Waals surface area contributed by atoms with E-state index in [4.69, 9.17) is 5.11 Å². The molecule has 0 unspecified atom stereocenters. The Kier molecular flexibility index (Phi) is 3.43. The average Bonchev–Trinajstić information content (AvgIpc) is 2.53. The number of carbonyl (C=O) groups is 1. The third-order valence-corrected chi connectivity index (χ3v) is 3.18. The molecule has 3 rings (SSSR count). The van der Waals surface area contributed by atoms with Gasteiger partial charge in [-0.05, 0) is 28.5 Å². The smallest absolute Gasteiger partial charge is 0.339 e. The third-order valence-electron chi connectivity index (χ3n) is 3.18. The molecule has 0 bridgehead atoms. The van der Waals surface area contributed by atoms with E-state index in [1.54, 1.807) is 6.08 Å². The van der Waals surface area contributed by atoms with Gasteiger partial charge < -0.3 is 5.11 Å². The molecule has 0 spiro atoms. The highest BCUT2D eigenvalue weighted by atomic mass is 16.4. The SMILES string of the molecule is O=C(O)c1cncnc1C=Cc1ccc2ccccc2c1. The molecule has 3 aromatic rings. The number of fused-ring (bicyclic) bond motifs is 1. The van der Waals surface area contributed by atoms with Crippen LogP contribution in [0.3, 0.4) is 0 Å². The van der Waals surface area contributed by atoms with Crippen molar-refractivity contribution in [1.29, 1.82) is 0 Å². The second kappa shape index (κ2) is 5.54. The molecule has 4 nitrogen and oxygen atoms in total. The lowest BCUT2D eigenvalue weighted by atomic mass is 10.1. The van der Waals surface area contributed by atoms with E-state index in [1.165, 1.54) is 17.9 Å². The molecular weight excluding hydrogens is 264 g/mol. The molecule has 21 heavy (non-hydrogen) atoms. The summed E-state index contributed by atoms with van der Waals surface area (Å²) < 4.78 is 0. The second-order valence-corrected chi connectivity index (χ2v) is 4.57. The fraction of sp³-hybridized carbons (Fsp3) is 0. The Bertz CT molecular complexity index is 841. The number of carboxylic acids is 1. The van der Waals surface area contributed by atoms with Crippen molar-refractivity contribution in [3.8, 4) is 0 Å². The minimum atomic E-state index is -1.03. The van der Waals surface area contributed by atoms with Crippen molar-refractivity contribution in [3.63, 3.8) is 0 Å². The van der Waals surface area contributed by atoms with Gasteiger partial charge in [0.25, 0.3) is 0 Å². The number of hydrogen-bond acceptors (Lipinski definition) is 3. The third kappa shape index (κ3) is 2.79. The van der Waals surface area contributed by atoms with Crippen LogP contribution in [-0.2, 0) is 0 Å². The van der Waals surface area contributed by atoms with Gasteiger partial charge in [-0.15, -0.1) is 0 Å². The summed E-state index contributed by atoms with van der Waals surface area (Å²) in [7, 11) is 0. The van der Waals surface area contributed by atoms with Crippen molar-refractivity contribution < 1.29 is 9.90 Å². The standard InChI is InChI=1S/C17H12N2O2/c20-17(21)15-10-18-11-19-16(15)8-6-12-5-7-13-3-1-2-4-14(13)9-12/h1-11H,(H,20,21). The van der Waals surface area contributed by atoms with Crippen molar-refractivity contribution in [2.24, 2.45) is 0 Å². The summed E-state index contributed by atoms with van der Waals surface area (Å²) in [5, 5.41) is 11.4. The number of benzene rings is 2. The molecule has 102 valence electrons. The van der Waals surface area contributed by atoms with E-state index in [2.05, 4.69) is 16.0 Å². The number of nitrogens with zero attached hydrogens (tertiary/aromatic N) is 2. The van der Waals surface area contributed by atoms with Crippen LogP contribution in [0.5, 0.6) is 0 Å². The van der Waals surface area contributed by atoms with Gasteiger partial charge in [-0.1, -0.05) is 42.5 Å². The molecule has 1 heterocycles. The summed E-state index contributed by atoms with van der Waals surface area (Å²) in [6.07, 6.45) is 6.18. The largest absolute Gasteiger partial charge is 0.478 e. The molecule has 0 fully saturated rings. The molecule has 0 aliphatic rings. The predicted molar refractivity (Wildman–Crippen MR) is 81.9 cm³/mol. The van der Waals surface area contributed by atoms with E-state index in [0.717, 1.165) is 10.9 Å². The van der Waals surface area contributed by atoms with Crippen molar-refractivity contribution >= 4 is 28.9 Å². The lowest BCUT2D eigenvalue weighted by molar-refractivity contribution is 0.0695. The first-order valence-corrected chi connectivity index (χ1v) is 6.44. The highest BCUT2D eigenvalue weighted by Crippen LogP contribution is 2.17. The average molecular weight is 276 g/mol. The molecule has 2 aromatic carbocycles. The molecule has 0 saturated heterocycles. The highest BCUT2D eigenvalue weighted by Gasteiger charge is 2.08. The van der Waals surface area contributed by atoms with Crippen LogP contribution in [0.2, 0.25) is 0 Å². The van der Waals surface area contributed by atoms with E-state index in [9.17, 15) is 4.79 Å². The van der Waals surface area contributed by atoms with Crippen LogP contribution in [0, 0.1) is 0 Å². The van der Waals surface area contributed by atoms with Crippen molar-refractivity contribution in [2.45, 2.75) is 0 Å². The van der Waals surface area contributed by atoms with Gasteiger partial charge in [-0.25, -0.2) is 14.8 Å². The van der Waals surface area contributed by atoms with Gasteiger partial charge in [0.15, 0.2) is 0 Å². The van der Waals surface area contributed by atoms with Crippen molar-refractivity contribution in [1.82, 2.24) is 9.97 Å². The zero-order valence-corrected chi connectivity index (χ0v) is 11.1. The normalized spacial score (nSPS) is 11.0. The monoisotopic (exact) mass is 276 g/mol. The molecule has 0 saturated carbocycles. The Morgan fingerprint density at radius 1 is 1.05 bits per heavy atom. The number of hydrogen-bond donors (Lipinski definition) is 1. The van der Waals surface area contributed by atoms with Crippen molar-refractivity contribution in [2.75, 3.05) is 0 Å². The van der Waals surface area contributed by atoms with Crippen LogP contribution in [0.4, 0.5) is 0 Å². The van der Waals surface area contributed by atoms with Crippen LogP contribution >= 0.6 is 0 Å². The zero-order chi connectivity index (χ0) is 14.7. The lowest BCUT2D eigenvalue weighted by Gasteiger charge is -2.00. The summed E-state index contributed by atoms with van der Waals surface area (Å²) in [5.74, 6) is -1.03. The molecule has 1 aromatic heterocycles. The summed E-state index contributed by atoms with van der Waals surface area (Å²) in [5.41, 5.74) is 1.48. The lowest BCUT2D eigenvalue weighted by Crippen LogP contribution is -2.02. The maximum absolute atomic E-state index is 11.1.